The zero-order valence-electron chi connectivity index (χ0n) is 18.9. The van der Waals surface area contributed by atoms with Crippen molar-refractivity contribution in [2.75, 3.05) is 26.8 Å². The molecular weight excluding hydrogens is 414 g/mol. The van der Waals surface area contributed by atoms with Crippen LogP contribution < -0.4 is 9.47 Å². The number of ether oxygens (including phenoxy) is 3. The molecule has 2 heterocycles. The number of carbonyl (C=O) groups is 1. The number of hydrogen-bond acceptors (Lipinski definition) is 5. The Kier molecular flexibility index (Phi) is 4.93. The van der Waals surface area contributed by atoms with Gasteiger partial charge in [-0.05, 0) is 69.5 Å². The molecule has 3 aliphatic carbocycles. The van der Waals surface area contributed by atoms with Crippen molar-refractivity contribution in [3.63, 3.8) is 0 Å². The van der Waals surface area contributed by atoms with Gasteiger partial charge in [0.1, 0.15) is 0 Å². The Bertz CT molecular complexity index is 917. The van der Waals surface area contributed by atoms with Crippen molar-refractivity contribution in [2.45, 2.75) is 81.5 Å². The first-order valence-electron chi connectivity index (χ1n) is 11.8. The van der Waals surface area contributed by atoms with E-state index < -0.39 is 11.0 Å². The van der Waals surface area contributed by atoms with Gasteiger partial charge >= 0.3 is 0 Å². The highest BCUT2D eigenvalue weighted by Gasteiger charge is 2.78. The summed E-state index contributed by atoms with van der Waals surface area (Å²) in [4.78, 5) is 16.2. The van der Waals surface area contributed by atoms with Crippen LogP contribution in [0.5, 0.6) is 11.5 Å². The monoisotopic (exact) mass is 447 g/mol. The van der Waals surface area contributed by atoms with Crippen molar-refractivity contribution in [2.24, 2.45) is 5.92 Å². The second-order valence-electron chi connectivity index (χ2n) is 10.2. The van der Waals surface area contributed by atoms with Gasteiger partial charge in [-0.2, -0.15) is 0 Å². The van der Waals surface area contributed by atoms with Crippen LogP contribution in [0.15, 0.2) is 12.1 Å². The first-order chi connectivity index (χ1) is 14.5. The lowest BCUT2D eigenvalue weighted by atomic mass is 9.45. The number of rotatable bonds is 6. The van der Waals surface area contributed by atoms with E-state index in [0.29, 0.717) is 12.5 Å². The average molecular weight is 448 g/mol. The molecule has 0 unspecified atom stereocenters. The molecule has 1 aromatic rings. The predicted molar refractivity (Wildman–Crippen MR) is 121 cm³/mol. The minimum absolute atomic E-state index is 0. The Hall–Kier alpha value is -1.30. The van der Waals surface area contributed by atoms with Gasteiger partial charge in [-0.3, -0.25) is 9.69 Å². The molecule has 170 valence electrons. The third-order valence-electron chi connectivity index (χ3n) is 8.87. The molecule has 0 aromatic heterocycles. The molecule has 5 aliphatic rings. The quantitative estimate of drug-likeness (QED) is 0.657. The second kappa shape index (κ2) is 7.10. The standard InChI is InChI=1S/C25H33NO4.ClH/c1-4-13-29-25-10-9-20(27)23(2)24(25)11-12-26(15-16-5-6-16)19(25)14-17-7-8-18(28-3)22(30-23)21(17)24;/h7-8,16,19H,4-6,9-15H2,1-3H3;1H/t19-,23+,24+,25-;/m1./s1. The molecule has 31 heavy (non-hydrogen) atoms. The topological polar surface area (TPSA) is 48.0 Å². The van der Waals surface area contributed by atoms with Gasteiger partial charge in [-0.1, -0.05) is 13.0 Å². The molecule has 1 saturated heterocycles. The van der Waals surface area contributed by atoms with E-state index in [-0.39, 0.29) is 23.8 Å². The fourth-order valence-corrected chi connectivity index (χ4v) is 7.41. The Morgan fingerprint density at radius 3 is 2.77 bits per heavy atom. The normalized spacial score (nSPS) is 37.6. The number of piperidine rings is 1. The molecule has 6 heteroatoms. The number of methoxy groups -OCH3 is 1. The van der Waals surface area contributed by atoms with Gasteiger partial charge in [0.25, 0.3) is 0 Å². The molecule has 4 atom stereocenters. The van der Waals surface area contributed by atoms with Crippen LogP contribution in [0.4, 0.5) is 0 Å². The van der Waals surface area contributed by atoms with E-state index in [0.717, 1.165) is 56.3 Å². The van der Waals surface area contributed by atoms with Crippen LogP contribution in [-0.4, -0.2) is 54.7 Å². The smallest absolute Gasteiger partial charge is 0.177 e. The number of benzene rings is 1. The summed E-state index contributed by atoms with van der Waals surface area (Å²) in [7, 11) is 1.69. The van der Waals surface area contributed by atoms with E-state index in [2.05, 4.69) is 17.9 Å². The Morgan fingerprint density at radius 1 is 1.26 bits per heavy atom. The third kappa shape index (κ3) is 2.49. The third-order valence-corrected chi connectivity index (χ3v) is 8.87. The molecule has 1 aromatic carbocycles. The number of ketones is 1. The minimum Gasteiger partial charge on any atom is -0.493 e. The summed E-state index contributed by atoms with van der Waals surface area (Å²) >= 11 is 0. The number of halogens is 1. The van der Waals surface area contributed by atoms with E-state index in [1.807, 2.05) is 13.0 Å². The molecular formula is C25H34ClNO4. The van der Waals surface area contributed by atoms with E-state index in [1.165, 1.54) is 30.5 Å². The molecule has 2 bridgehead atoms. The van der Waals surface area contributed by atoms with Crippen molar-refractivity contribution in [1.82, 2.24) is 4.90 Å². The van der Waals surface area contributed by atoms with Crippen molar-refractivity contribution in [3.8, 4) is 11.5 Å². The lowest BCUT2D eigenvalue weighted by Gasteiger charge is -2.66. The van der Waals surface area contributed by atoms with E-state index in [4.69, 9.17) is 14.2 Å². The molecule has 0 N–H and O–H groups in total. The SMILES string of the molecule is CCCO[C@@]12CCC(=O)[C@]3(C)Oc4c(OC)ccc5c4[C@@]31CCN(CC1CC1)[C@@H]2C5.Cl. The van der Waals surface area contributed by atoms with Gasteiger partial charge in [0.2, 0.25) is 0 Å². The Morgan fingerprint density at radius 2 is 2.06 bits per heavy atom. The Labute approximate surface area is 191 Å². The maximum absolute atomic E-state index is 13.5. The fourth-order valence-electron chi connectivity index (χ4n) is 7.41. The number of nitrogens with zero attached hydrogens (tertiary/aromatic N) is 1. The van der Waals surface area contributed by atoms with Crippen molar-refractivity contribution in [3.05, 3.63) is 23.3 Å². The zero-order valence-corrected chi connectivity index (χ0v) is 19.7. The van der Waals surface area contributed by atoms with Gasteiger partial charge in [-0.15, -0.1) is 12.4 Å². The Balaban J connectivity index is 0.00000204. The summed E-state index contributed by atoms with van der Waals surface area (Å²) in [5.41, 5.74) is 0.867. The highest BCUT2D eigenvalue weighted by Crippen LogP contribution is 2.69. The summed E-state index contributed by atoms with van der Waals surface area (Å²) in [5, 5.41) is 0. The van der Waals surface area contributed by atoms with Crippen LogP contribution in [0, 0.1) is 5.92 Å². The first kappa shape index (κ1) is 21.5. The molecule has 1 spiro atoms. The van der Waals surface area contributed by atoms with Gasteiger partial charge in [0, 0.05) is 31.2 Å². The lowest BCUT2D eigenvalue weighted by molar-refractivity contribution is -0.231. The molecule has 2 saturated carbocycles. The van der Waals surface area contributed by atoms with Crippen LogP contribution in [0.25, 0.3) is 0 Å². The summed E-state index contributed by atoms with van der Waals surface area (Å²) in [6, 6.07) is 4.54. The predicted octanol–water partition coefficient (Wildman–Crippen LogP) is 4.07. The number of likely N-dealkylation sites (tertiary alicyclic amines) is 1. The molecule has 6 rings (SSSR count). The van der Waals surface area contributed by atoms with Crippen LogP contribution >= 0.6 is 12.4 Å². The van der Waals surface area contributed by atoms with Crippen LogP contribution in [-0.2, 0) is 21.4 Å². The van der Waals surface area contributed by atoms with Crippen molar-refractivity contribution < 1.29 is 19.0 Å². The van der Waals surface area contributed by atoms with Gasteiger partial charge in [0.05, 0.1) is 18.1 Å². The van der Waals surface area contributed by atoms with E-state index >= 15 is 0 Å². The summed E-state index contributed by atoms with van der Waals surface area (Å²) in [5.74, 6) is 2.60. The van der Waals surface area contributed by atoms with Crippen LogP contribution in [0.2, 0.25) is 0 Å². The van der Waals surface area contributed by atoms with Gasteiger partial charge in [-0.25, -0.2) is 0 Å². The minimum atomic E-state index is -0.880. The summed E-state index contributed by atoms with van der Waals surface area (Å²) < 4.78 is 19.3. The zero-order chi connectivity index (χ0) is 20.7. The highest BCUT2D eigenvalue weighted by molar-refractivity contribution is 5.94. The van der Waals surface area contributed by atoms with Crippen molar-refractivity contribution >= 4 is 18.2 Å². The maximum atomic E-state index is 13.5. The van der Waals surface area contributed by atoms with Gasteiger partial charge < -0.3 is 14.2 Å². The number of Topliss-reactive ketones (excluding diaryl/α,β-unsaturated/α-hetero) is 1. The van der Waals surface area contributed by atoms with Gasteiger partial charge in [0.15, 0.2) is 22.9 Å². The molecule has 2 aliphatic heterocycles. The summed E-state index contributed by atoms with van der Waals surface area (Å²) in [6.45, 7) is 7.13. The lowest BCUT2D eigenvalue weighted by Crippen LogP contribution is -2.80. The first-order valence-corrected chi connectivity index (χ1v) is 11.8. The average Bonchev–Trinajstić information content (AvgIpc) is 3.51. The second-order valence-corrected chi connectivity index (χ2v) is 10.2. The maximum Gasteiger partial charge on any atom is 0.177 e. The van der Waals surface area contributed by atoms with Crippen LogP contribution in [0.3, 0.4) is 0 Å². The molecule has 0 amide bonds. The molecule has 5 nitrogen and oxygen atoms in total. The van der Waals surface area contributed by atoms with E-state index in [9.17, 15) is 4.79 Å². The van der Waals surface area contributed by atoms with Crippen LogP contribution in [0.1, 0.15) is 63.5 Å². The van der Waals surface area contributed by atoms with Crippen molar-refractivity contribution in [1.29, 1.82) is 0 Å². The number of carbonyl (C=O) groups excluding carboxylic acids is 1. The molecule has 3 fully saturated rings. The summed E-state index contributed by atoms with van der Waals surface area (Å²) in [6.07, 6.45) is 6.90. The van der Waals surface area contributed by atoms with E-state index in [1.54, 1.807) is 7.11 Å². The molecule has 0 radical (unpaired) electrons. The number of hydrogen-bond donors (Lipinski definition) is 0. The fraction of sp³-hybridized carbons (Fsp3) is 0.720. The largest absolute Gasteiger partial charge is 0.493 e. The highest BCUT2D eigenvalue weighted by atomic mass is 35.5.